The number of carbonyl (C=O) groups is 1. The van der Waals surface area contributed by atoms with Crippen molar-refractivity contribution in [2.24, 2.45) is 7.05 Å². The number of aryl methyl sites for hydroxylation is 2. The summed E-state index contributed by atoms with van der Waals surface area (Å²) in [7, 11) is 1.93. The molecule has 3 heteroatoms. The van der Waals surface area contributed by atoms with Crippen molar-refractivity contribution >= 4 is 16.9 Å². The Hall–Kier alpha value is -1.77. The number of hydrogen-bond donors (Lipinski definition) is 1. The van der Waals surface area contributed by atoms with E-state index in [1.165, 1.54) is 0 Å². The van der Waals surface area contributed by atoms with Gasteiger partial charge in [0.15, 0.2) is 0 Å². The van der Waals surface area contributed by atoms with E-state index in [1.807, 2.05) is 30.7 Å². The summed E-state index contributed by atoms with van der Waals surface area (Å²) >= 11 is 0. The van der Waals surface area contributed by atoms with Crippen molar-refractivity contribution in [1.82, 2.24) is 4.57 Å². The third-order valence-corrected chi connectivity index (χ3v) is 2.53. The molecule has 2 rings (SSSR count). The van der Waals surface area contributed by atoms with E-state index in [4.69, 9.17) is 5.11 Å². The maximum absolute atomic E-state index is 10.8. The highest BCUT2D eigenvalue weighted by molar-refractivity contribution is 5.93. The van der Waals surface area contributed by atoms with E-state index < -0.39 is 5.97 Å². The molecule has 0 saturated heterocycles. The third-order valence-electron chi connectivity index (χ3n) is 2.53. The van der Waals surface area contributed by atoms with E-state index in [0.717, 1.165) is 16.6 Å². The molecule has 72 valence electrons. The van der Waals surface area contributed by atoms with Gasteiger partial charge in [-0.3, -0.25) is 0 Å². The number of carboxylic acid groups (broad SMARTS) is 1. The minimum atomic E-state index is -0.884. The monoisotopic (exact) mass is 189 g/mol. The molecule has 1 heterocycles. The van der Waals surface area contributed by atoms with Gasteiger partial charge in [0.1, 0.15) is 0 Å². The van der Waals surface area contributed by atoms with Crippen molar-refractivity contribution in [1.29, 1.82) is 0 Å². The Morgan fingerprint density at radius 2 is 2.07 bits per heavy atom. The van der Waals surface area contributed by atoms with Crippen molar-refractivity contribution < 1.29 is 9.90 Å². The summed E-state index contributed by atoms with van der Waals surface area (Å²) < 4.78 is 1.99. The zero-order valence-electron chi connectivity index (χ0n) is 8.11. The molecule has 14 heavy (non-hydrogen) atoms. The number of hydrogen-bond acceptors (Lipinski definition) is 1. The molecule has 1 N–H and O–H groups in total. The van der Waals surface area contributed by atoms with Crippen LogP contribution >= 0.6 is 0 Å². The minimum absolute atomic E-state index is 0.332. The zero-order chi connectivity index (χ0) is 10.3. The summed E-state index contributed by atoms with van der Waals surface area (Å²) in [5, 5.41) is 9.91. The Morgan fingerprint density at radius 3 is 2.71 bits per heavy atom. The average molecular weight is 189 g/mol. The van der Waals surface area contributed by atoms with Crippen LogP contribution in [0, 0.1) is 6.92 Å². The van der Waals surface area contributed by atoms with Gasteiger partial charge < -0.3 is 9.67 Å². The number of carboxylic acids is 1. The molecule has 0 aliphatic carbocycles. The van der Waals surface area contributed by atoms with E-state index in [0.29, 0.717) is 5.56 Å². The number of benzene rings is 1. The van der Waals surface area contributed by atoms with Gasteiger partial charge in [0.05, 0.1) is 5.56 Å². The first kappa shape index (κ1) is 8.81. The van der Waals surface area contributed by atoms with Gasteiger partial charge in [-0.2, -0.15) is 0 Å². The summed E-state index contributed by atoms with van der Waals surface area (Å²) in [5.41, 5.74) is 2.42. The molecule has 0 atom stereocenters. The highest BCUT2D eigenvalue weighted by atomic mass is 16.4. The fourth-order valence-corrected chi connectivity index (χ4v) is 1.60. The van der Waals surface area contributed by atoms with Crippen LogP contribution in [-0.2, 0) is 7.05 Å². The summed E-state index contributed by atoms with van der Waals surface area (Å²) in [6.07, 6.45) is 0. The highest BCUT2D eigenvalue weighted by Gasteiger charge is 2.06. The van der Waals surface area contributed by atoms with Crippen LogP contribution in [0.15, 0.2) is 24.3 Å². The fourth-order valence-electron chi connectivity index (χ4n) is 1.60. The number of fused-ring (bicyclic) bond motifs is 1. The lowest BCUT2D eigenvalue weighted by atomic mass is 10.1. The van der Waals surface area contributed by atoms with Crippen molar-refractivity contribution in [3.63, 3.8) is 0 Å². The van der Waals surface area contributed by atoms with Gasteiger partial charge in [0, 0.05) is 18.3 Å². The van der Waals surface area contributed by atoms with Crippen LogP contribution in [0.1, 0.15) is 16.1 Å². The molecular formula is C11H11NO2. The Labute approximate surface area is 81.6 Å². The Bertz CT molecular complexity index is 511. The van der Waals surface area contributed by atoms with Gasteiger partial charge in [-0.15, -0.1) is 0 Å². The Balaban J connectivity index is 2.76. The normalized spacial score (nSPS) is 10.7. The molecule has 0 aliphatic rings. The van der Waals surface area contributed by atoms with E-state index in [-0.39, 0.29) is 0 Å². The zero-order valence-corrected chi connectivity index (χ0v) is 8.11. The largest absolute Gasteiger partial charge is 0.478 e. The third kappa shape index (κ3) is 1.18. The second-order valence-electron chi connectivity index (χ2n) is 3.42. The maximum Gasteiger partial charge on any atom is 0.335 e. The van der Waals surface area contributed by atoms with Crippen molar-refractivity contribution in [2.45, 2.75) is 6.92 Å². The first-order chi connectivity index (χ1) is 6.59. The van der Waals surface area contributed by atoms with E-state index >= 15 is 0 Å². The van der Waals surface area contributed by atoms with Gasteiger partial charge in [-0.1, -0.05) is 6.07 Å². The fraction of sp³-hybridized carbons (Fsp3) is 0.182. The molecule has 0 bridgehead atoms. The summed E-state index contributed by atoms with van der Waals surface area (Å²) in [4.78, 5) is 10.8. The van der Waals surface area contributed by atoms with Crippen LogP contribution in [0.3, 0.4) is 0 Å². The first-order valence-electron chi connectivity index (χ1n) is 4.39. The molecule has 0 amide bonds. The minimum Gasteiger partial charge on any atom is -0.478 e. The average Bonchev–Trinajstić information content (AvgIpc) is 2.43. The van der Waals surface area contributed by atoms with Gasteiger partial charge in [-0.05, 0) is 30.5 Å². The topological polar surface area (TPSA) is 42.2 Å². The summed E-state index contributed by atoms with van der Waals surface area (Å²) in [6, 6.07) is 7.21. The van der Waals surface area contributed by atoms with Crippen molar-refractivity contribution in [3.05, 3.63) is 35.5 Å². The van der Waals surface area contributed by atoms with Crippen LogP contribution in [0.5, 0.6) is 0 Å². The standard InChI is InChI=1S/C11H11NO2/c1-7-5-8-3-4-9(11(13)14)6-10(8)12(7)2/h3-6H,1-2H3,(H,13,14). The molecule has 3 nitrogen and oxygen atoms in total. The van der Waals surface area contributed by atoms with E-state index in [2.05, 4.69) is 0 Å². The van der Waals surface area contributed by atoms with Crippen LogP contribution < -0.4 is 0 Å². The summed E-state index contributed by atoms with van der Waals surface area (Å²) in [6.45, 7) is 2.00. The molecule has 0 saturated carbocycles. The van der Waals surface area contributed by atoms with E-state index in [9.17, 15) is 4.79 Å². The Kier molecular flexibility index (Phi) is 1.81. The van der Waals surface area contributed by atoms with Gasteiger partial charge in [0.25, 0.3) is 0 Å². The number of aromatic carboxylic acids is 1. The van der Waals surface area contributed by atoms with Crippen LogP contribution in [0.25, 0.3) is 10.9 Å². The molecule has 0 aliphatic heterocycles. The lowest BCUT2D eigenvalue weighted by molar-refractivity contribution is 0.0697. The number of rotatable bonds is 1. The predicted molar refractivity (Wildman–Crippen MR) is 54.6 cm³/mol. The second kappa shape index (κ2) is 2.87. The lowest BCUT2D eigenvalue weighted by Gasteiger charge is -1.99. The first-order valence-corrected chi connectivity index (χ1v) is 4.39. The Morgan fingerprint density at radius 1 is 1.36 bits per heavy atom. The quantitative estimate of drug-likeness (QED) is 0.747. The second-order valence-corrected chi connectivity index (χ2v) is 3.42. The molecular weight excluding hydrogens is 178 g/mol. The molecule has 0 spiro atoms. The molecule has 0 unspecified atom stereocenters. The maximum atomic E-state index is 10.8. The molecule has 1 aromatic carbocycles. The van der Waals surface area contributed by atoms with Crippen LogP contribution in [0.2, 0.25) is 0 Å². The molecule has 1 aromatic heterocycles. The summed E-state index contributed by atoms with van der Waals surface area (Å²) in [5.74, 6) is -0.884. The predicted octanol–water partition coefficient (Wildman–Crippen LogP) is 2.18. The van der Waals surface area contributed by atoms with Crippen LogP contribution in [0.4, 0.5) is 0 Å². The van der Waals surface area contributed by atoms with Gasteiger partial charge >= 0.3 is 5.97 Å². The van der Waals surface area contributed by atoms with Gasteiger partial charge in [0.2, 0.25) is 0 Å². The lowest BCUT2D eigenvalue weighted by Crippen LogP contribution is -1.96. The molecule has 0 fully saturated rings. The van der Waals surface area contributed by atoms with Crippen LogP contribution in [-0.4, -0.2) is 15.6 Å². The van der Waals surface area contributed by atoms with Gasteiger partial charge in [-0.25, -0.2) is 4.79 Å². The molecule has 0 radical (unpaired) electrons. The van der Waals surface area contributed by atoms with E-state index in [1.54, 1.807) is 12.1 Å². The number of aromatic nitrogens is 1. The molecule has 2 aromatic rings. The van der Waals surface area contributed by atoms with Crippen molar-refractivity contribution in [3.8, 4) is 0 Å². The smallest absolute Gasteiger partial charge is 0.335 e. The highest BCUT2D eigenvalue weighted by Crippen LogP contribution is 2.19. The van der Waals surface area contributed by atoms with Crippen molar-refractivity contribution in [2.75, 3.05) is 0 Å². The number of nitrogens with zero attached hydrogens (tertiary/aromatic N) is 1. The SMILES string of the molecule is Cc1cc2ccc(C(=O)O)cc2n1C.